The number of hydrogen-bond acceptors (Lipinski definition) is 8. The monoisotopic (exact) mass is 447 g/mol. The maximum absolute atomic E-state index is 12.3. The van der Waals surface area contributed by atoms with Gasteiger partial charge in [0.2, 0.25) is 0 Å². The Morgan fingerprint density at radius 3 is 2.50 bits per heavy atom. The number of ether oxygens (including phenoxy) is 3. The summed E-state index contributed by atoms with van der Waals surface area (Å²) in [6.07, 6.45) is 5.28. The lowest BCUT2D eigenvalue weighted by Gasteiger charge is -2.10. The van der Waals surface area contributed by atoms with E-state index in [1.165, 1.54) is 11.8 Å². The summed E-state index contributed by atoms with van der Waals surface area (Å²) >= 11 is 2.79. The zero-order chi connectivity index (χ0) is 21.7. The number of carbonyl (C=O) groups is 3. The normalized spacial score (nSPS) is 15.4. The number of methoxy groups -OCH3 is 1. The number of fused-ring (bicyclic) bond motifs is 1. The van der Waals surface area contributed by atoms with Gasteiger partial charge in [0.15, 0.2) is 11.5 Å². The standard InChI is InChI=1S/C21H21NO6S2/c1-4-27-15-10-13-9-14(30-18(13)11-16(15)28-5-2)7-6-8-17-19(23)22(12-29-17)20(24)21(25)26-3/h6-11H,4-5,12H2,1-3H3. The van der Waals surface area contributed by atoms with E-state index < -0.39 is 17.8 Å². The molecule has 1 aliphatic heterocycles. The summed E-state index contributed by atoms with van der Waals surface area (Å²) in [4.78, 5) is 37.7. The molecule has 1 aromatic heterocycles. The molecule has 0 bridgehead atoms. The molecule has 0 spiro atoms. The number of thioether (sulfide) groups is 1. The van der Waals surface area contributed by atoms with Crippen LogP contribution in [0, 0.1) is 0 Å². The van der Waals surface area contributed by atoms with E-state index in [4.69, 9.17) is 9.47 Å². The Morgan fingerprint density at radius 1 is 1.13 bits per heavy atom. The molecule has 0 radical (unpaired) electrons. The minimum Gasteiger partial charge on any atom is -0.490 e. The predicted molar refractivity (Wildman–Crippen MR) is 118 cm³/mol. The Balaban J connectivity index is 1.77. The zero-order valence-electron chi connectivity index (χ0n) is 16.8. The largest absolute Gasteiger partial charge is 0.490 e. The van der Waals surface area contributed by atoms with Crippen LogP contribution in [0.2, 0.25) is 0 Å². The number of thiophene rings is 1. The molecule has 2 aromatic rings. The highest BCUT2D eigenvalue weighted by Crippen LogP contribution is 2.37. The van der Waals surface area contributed by atoms with Crippen LogP contribution in [0.4, 0.5) is 0 Å². The van der Waals surface area contributed by atoms with Crippen molar-refractivity contribution < 1.29 is 28.6 Å². The number of benzene rings is 1. The van der Waals surface area contributed by atoms with Crippen molar-refractivity contribution in [2.75, 3.05) is 26.2 Å². The highest BCUT2D eigenvalue weighted by Gasteiger charge is 2.35. The van der Waals surface area contributed by atoms with Crippen LogP contribution in [-0.2, 0) is 19.1 Å². The van der Waals surface area contributed by atoms with E-state index in [2.05, 4.69) is 4.74 Å². The van der Waals surface area contributed by atoms with E-state index in [9.17, 15) is 14.4 Å². The average Bonchev–Trinajstić information content (AvgIpc) is 3.30. The number of nitrogens with zero attached hydrogens (tertiary/aromatic N) is 1. The van der Waals surface area contributed by atoms with Gasteiger partial charge < -0.3 is 14.2 Å². The number of rotatable bonds is 6. The van der Waals surface area contributed by atoms with Crippen LogP contribution in [0.15, 0.2) is 35.3 Å². The fourth-order valence-corrected chi connectivity index (χ4v) is 4.67. The third kappa shape index (κ3) is 4.68. The van der Waals surface area contributed by atoms with Gasteiger partial charge in [0.25, 0.3) is 5.91 Å². The molecule has 1 aromatic carbocycles. The molecule has 1 saturated heterocycles. The van der Waals surface area contributed by atoms with Crippen LogP contribution in [0.5, 0.6) is 11.5 Å². The van der Waals surface area contributed by atoms with Crippen molar-refractivity contribution in [3.63, 3.8) is 0 Å². The predicted octanol–water partition coefficient (Wildman–Crippen LogP) is 3.83. The molecular weight excluding hydrogens is 426 g/mol. The number of amides is 2. The third-order valence-electron chi connectivity index (χ3n) is 4.12. The first-order chi connectivity index (χ1) is 14.5. The summed E-state index contributed by atoms with van der Waals surface area (Å²) in [5, 5.41) is 1.04. The second-order valence-electron chi connectivity index (χ2n) is 6.04. The molecule has 0 aliphatic carbocycles. The van der Waals surface area contributed by atoms with E-state index in [0.717, 1.165) is 32.7 Å². The molecule has 30 heavy (non-hydrogen) atoms. The first-order valence-electron chi connectivity index (χ1n) is 9.27. The molecule has 0 saturated carbocycles. The van der Waals surface area contributed by atoms with Gasteiger partial charge in [-0.2, -0.15) is 0 Å². The molecule has 2 amide bonds. The number of hydrogen-bond donors (Lipinski definition) is 0. The van der Waals surface area contributed by atoms with Crippen molar-refractivity contribution in [1.29, 1.82) is 0 Å². The van der Waals surface area contributed by atoms with Crippen molar-refractivity contribution in [3.8, 4) is 11.5 Å². The highest BCUT2D eigenvalue weighted by molar-refractivity contribution is 8.04. The second kappa shape index (κ2) is 9.82. The smallest absolute Gasteiger partial charge is 0.397 e. The van der Waals surface area contributed by atoms with Gasteiger partial charge >= 0.3 is 11.9 Å². The molecule has 0 atom stereocenters. The van der Waals surface area contributed by atoms with E-state index in [0.29, 0.717) is 23.9 Å². The van der Waals surface area contributed by atoms with Crippen molar-refractivity contribution >= 4 is 57.0 Å². The van der Waals surface area contributed by atoms with Gasteiger partial charge in [-0.15, -0.1) is 11.3 Å². The SMILES string of the molecule is CCOc1cc2cc(C=CC=C3SCN(C(=O)C(=O)OC)C3=O)sc2cc1OCC. The fraction of sp³-hybridized carbons (Fsp3) is 0.286. The molecule has 2 heterocycles. The van der Waals surface area contributed by atoms with Crippen molar-refractivity contribution in [2.24, 2.45) is 0 Å². The Kier molecular flexibility index (Phi) is 7.17. The Hall–Kier alpha value is -2.78. The summed E-state index contributed by atoms with van der Waals surface area (Å²) in [6, 6.07) is 5.96. The lowest BCUT2D eigenvalue weighted by molar-refractivity contribution is -0.160. The Bertz CT molecular complexity index is 997. The van der Waals surface area contributed by atoms with Gasteiger partial charge in [0, 0.05) is 15.6 Å². The van der Waals surface area contributed by atoms with Crippen LogP contribution < -0.4 is 9.47 Å². The average molecular weight is 448 g/mol. The second-order valence-corrected chi connectivity index (χ2v) is 8.15. The Morgan fingerprint density at radius 2 is 1.83 bits per heavy atom. The van der Waals surface area contributed by atoms with Crippen LogP contribution in [0.3, 0.4) is 0 Å². The molecule has 158 valence electrons. The van der Waals surface area contributed by atoms with E-state index in [-0.39, 0.29) is 5.88 Å². The summed E-state index contributed by atoms with van der Waals surface area (Å²) in [5.41, 5.74) is 0. The summed E-state index contributed by atoms with van der Waals surface area (Å²) in [5.74, 6) is -0.985. The van der Waals surface area contributed by atoms with Crippen LogP contribution in [0.1, 0.15) is 18.7 Å². The van der Waals surface area contributed by atoms with Crippen molar-refractivity contribution in [2.45, 2.75) is 13.8 Å². The molecule has 3 rings (SSSR count). The zero-order valence-corrected chi connectivity index (χ0v) is 18.4. The third-order valence-corrected chi connectivity index (χ3v) is 6.19. The maximum Gasteiger partial charge on any atom is 0.397 e. The van der Waals surface area contributed by atoms with Gasteiger partial charge in [0.05, 0.1) is 31.1 Å². The number of imide groups is 1. The minimum atomic E-state index is -1.05. The molecule has 0 N–H and O–H groups in total. The molecular formula is C21H21NO6S2. The number of esters is 1. The molecule has 1 fully saturated rings. The first-order valence-corrected chi connectivity index (χ1v) is 11.1. The Labute approximate surface area is 182 Å². The lowest BCUT2D eigenvalue weighted by atomic mass is 10.2. The summed E-state index contributed by atoms with van der Waals surface area (Å²) in [7, 11) is 1.10. The molecule has 1 aliphatic rings. The van der Waals surface area contributed by atoms with E-state index in [1.807, 2.05) is 38.1 Å². The van der Waals surface area contributed by atoms with Gasteiger partial charge in [-0.1, -0.05) is 17.8 Å². The topological polar surface area (TPSA) is 82.1 Å². The summed E-state index contributed by atoms with van der Waals surface area (Å²) < 4.78 is 16.8. The molecule has 7 nitrogen and oxygen atoms in total. The maximum atomic E-state index is 12.3. The first kappa shape index (κ1) is 21.9. The van der Waals surface area contributed by atoms with Crippen molar-refractivity contribution in [3.05, 3.63) is 40.1 Å². The van der Waals surface area contributed by atoms with Gasteiger partial charge in [-0.25, -0.2) is 4.79 Å². The van der Waals surface area contributed by atoms with Gasteiger partial charge in [0.1, 0.15) is 0 Å². The van der Waals surface area contributed by atoms with Crippen molar-refractivity contribution in [1.82, 2.24) is 4.90 Å². The quantitative estimate of drug-likeness (QED) is 0.378. The van der Waals surface area contributed by atoms with E-state index >= 15 is 0 Å². The summed E-state index contributed by atoms with van der Waals surface area (Å²) in [6.45, 7) is 4.96. The minimum absolute atomic E-state index is 0.0930. The molecule has 9 heteroatoms. The van der Waals surface area contributed by atoms with Gasteiger partial charge in [-0.3, -0.25) is 14.5 Å². The molecule has 0 unspecified atom stereocenters. The van der Waals surface area contributed by atoms with Gasteiger partial charge in [-0.05, 0) is 43.5 Å². The fourth-order valence-electron chi connectivity index (χ4n) is 2.77. The highest BCUT2D eigenvalue weighted by atomic mass is 32.2. The lowest BCUT2D eigenvalue weighted by Crippen LogP contribution is -2.38. The van der Waals surface area contributed by atoms with Crippen LogP contribution >= 0.6 is 23.1 Å². The van der Waals surface area contributed by atoms with Crippen LogP contribution in [0.25, 0.3) is 16.2 Å². The van der Waals surface area contributed by atoms with Crippen LogP contribution in [-0.4, -0.2) is 48.9 Å². The number of allylic oxidation sites excluding steroid dienone is 2. The van der Waals surface area contributed by atoms with E-state index in [1.54, 1.807) is 23.5 Å². The number of carbonyl (C=O) groups excluding carboxylic acids is 3.